The summed E-state index contributed by atoms with van der Waals surface area (Å²) in [5.41, 5.74) is 6.38. The summed E-state index contributed by atoms with van der Waals surface area (Å²) in [6, 6.07) is 6.51. The number of nitrogens with two attached hydrogens (primary N) is 1. The van der Waals surface area contributed by atoms with Crippen LogP contribution in [-0.2, 0) is 12.6 Å². The Morgan fingerprint density at radius 3 is 2.56 bits per heavy atom. The Hall–Kier alpha value is -1.07. The van der Waals surface area contributed by atoms with Crippen LogP contribution in [0.2, 0.25) is 0 Å². The van der Waals surface area contributed by atoms with Crippen molar-refractivity contribution >= 4 is 21.4 Å². The SMILES string of the molecule is NCCc1ccc2sc(C(F)(F)F)cc2c1. The zero-order valence-corrected chi connectivity index (χ0v) is 9.16. The summed E-state index contributed by atoms with van der Waals surface area (Å²) in [6.07, 6.45) is -3.56. The van der Waals surface area contributed by atoms with Crippen LogP contribution in [0.15, 0.2) is 24.3 Å². The monoisotopic (exact) mass is 245 g/mol. The highest BCUT2D eigenvalue weighted by molar-refractivity contribution is 7.19. The molecule has 5 heteroatoms. The first-order valence-corrected chi connectivity index (χ1v) is 5.62. The van der Waals surface area contributed by atoms with Gasteiger partial charge in [0.15, 0.2) is 0 Å². The molecule has 2 aromatic rings. The smallest absolute Gasteiger partial charge is 0.330 e. The first-order valence-electron chi connectivity index (χ1n) is 4.80. The summed E-state index contributed by atoms with van der Waals surface area (Å²) in [7, 11) is 0. The van der Waals surface area contributed by atoms with Gasteiger partial charge in [0.1, 0.15) is 4.88 Å². The van der Waals surface area contributed by atoms with Crippen molar-refractivity contribution in [3.05, 3.63) is 34.7 Å². The van der Waals surface area contributed by atoms with Gasteiger partial charge in [0, 0.05) is 4.70 Å². The molecular formula is C11H10F3NS. The van der Waals surface area contributed by atoms with Crippen LogP contribution in [0.25, 0.3) is 10.1 Å². The van der Waals surface area contributed by atoms with Crippen molar-refractivity contribution < 1.29 is 13.2 Å². The lowest BCUT2D eigenvalue weighted by molar-refractivity contribution is -0.134. The van der Waals surface area contributed by atoms with Crippen molar-refractivity contribution in [2.45, 2.75) is 12.6 Å². The zero-order valence-electron chi connectivity index (χ0n) is 8.34. The maximum Gasteiger partial charge on any atom is 0.425 e. The summed E-state index contributed by atoms with van der Waals surface area (Å²) in [5, 5.41) is 0.642. The molecule has 0 aliphatic heterocycles. The van der Waals surface area contributed by atoms with Crippen molar-refractivity contribution in [3.8, 4) is 0 Å². The molecule has 0 bridgehead atoms. The molecule has 2 N–H and O–H groups in total. The van der Waals surface area contributed by atoms with E-state index in [9.17, 15) is 13.2 Å². The first-order chi connectivity index (χ1) is 7.50. The van der Waals surface area contributed by atoms with Gasteiger partial charge in [-0.2, -0.15) is 13.2 Å². The Morgan fingerprint density at radius 2 is 1.94 bits per heavy atom. The number of hydrogen-bond acceptors (Lipinski definition) is 2. The highest BCUT2D eigenvalue weighted by atomic mass is 32.1. The molecule has 0 saturated carbocycles. The maximum atomic E-state index is 12.5. The lowest BCUT2D eigenvalue weighted by atomic mass is 10.1. The molecule has 1 aromatic carbocycles. The molecule has 0 fully saturated rings. The normalized spacial score (nSPS) is 12.2. The standard InChI is InChI=1S/C11H10F3NS/c12-11(13,14)10-6-8-5-7(3-4-15)1-2-9(8)16-10/h1-2,5-6H,3-4,15H2. The third kappa shape index (κ3) is 2.20. The van der Waals surface area contributed by atoms with Crippen LogP contribution < -0.4 is 5.73 Å². The van der Waals surface area contributed by atoms with Crippen LogP contribution in [-0.4, -0.2) is 6.54 Å². The fourth-order valence-electron chi connectivity index (χ4n) is 1.55. The number of benzene rings is 1. The highest BCUT2D eigenvalue weighted by Gasteiger charge is 2.32. The minimum absolute atomic E-state index is 0.502. The minimum Gasteiger partial charge on any atom is -0.330 e. The summed E-state index contributed by atoms with van der Waals surface area (Å²) in [4.78, 5) is -0.549. The molecule has 0 radical (unpaired) electrons. The fraction of sp³-hybridized carbons (Fsp3) is 0.273. The van der Waals surface area contributed by atoms with Gasteiger partial charge >= 0.3 is 6.18 Å². The highest BCUT2D eigenvalue weighted by Crippen LogP contribution is 2.38. The van der Waals surface area contributed by atoms with E-state index in [-0.39, 0.29) is 0 Å². The molecule has 0 saturated heterocycles. The van der Waals surface area contributed by atoms with Gasteiger partial charge in [-0.25, -0.2) is 0 Å². The molecule has 2 rings (SSSR count). The fourth-order valence-corrected chi connectivity index (χ4v) is 2.47. The molecule has 0 spiro atoms. The van der Waals surface area contributed by atoms with Gasteiger partial charge < -0.3 is 5.73 Å². The Labute approximate surface area is 94.7 Å². The van der Waals surface area contributed by atoms with E-state index in [1.165, 1.54) is 6.07 Å². The zero-order chi connectivity index (χ0) is 11.8. The lowest BCUT2D eigenvalue weighted by Crippen LogP contribution is -2.02. The number of fused-ring (bicyclic) bond motifs is 1. The van der Waals surface area contributed by atoms with Crippen LogP contribution in [0, 0.1) is 0 Å². The van der Waals surface area contributed by atoms with Crippen molar-refractivity contribution in [1.82, 2.24) is 0 Å². The summed E-state index contributed by atoms with van der Waals surface area (Å²) >= 11 is 0.775. The molecular weight excluding hydrogens is 235 g/mol. The van der Waals surface area contributed by atoms with Gasteiger partial charge in [0.25, 0.3) is 0 Å². The van der Waals surface area contributed by atoms with Crippen molar-refractivity contribution in [1.29, 1.82) is 0 Å². The largest absolute Gasteiger partial charge is 0.425 e. The van der Waals surface area contributed by atoms with Crippen molar-refractivity contribution in [2.75, 3.05) is 6.54 Å². The van der Waals surface area contributed by atoms with E-state index in [0.29, 0.717) is 23.1 Å². The Balaban J connectivity index is 2.46. The predicted molar refractivity (Wildman–Crippen MR) is 59.6 cm³/mol. The number of hydrogen-bond donors (Lipinski definition) is 1. The quantitative estimate of drug-likeness (QED) is 0.862. The van der Waals surface area contributed by atoms with Gasteiger partial charge in [0.2, 0.25) is 0 Å². The topological polar surface area (TPSA) is 26.0 Å². The van der Waals surface area contributed by atoms with Crippen LogP contribution in [0.1, 0.15) is 10.4 Å². The number of rotatable bonds is 2. The van der Waals surface area contributed by atoms with E-state index in [1.807, 2.05) is 6.07 Å². The first kappa shape index (κ1) is 11.4. The number of thiophene rings is 1. The molecule has 0 amide bonds. The van der Waals surface area contributed by atoms with Crippen LogP contribution >= 0.6 is 11.3 Å². The Bertz CT molecular complexity index is 501. The third-order valence-electron chi connectivity index (χ3n) is 2.29. The molecule has 0 atom stereocenters. The maximum absolute atomic E-state index is 12.5. The summed E-state index contributed by atoms with van der Waals surface area (Å²) in [5.74, 6) is 0. The summed E-state index contributed by atoms with van der Waals surface area (Å²) in [6.45, 7) is 0.502. The molecule has 1 nitrogen and oxygen atoms in total. The average molecular weight is 245 g/mol. The second-order valence-corrected chi connectivity index (χ2v) is 4.60. The van der Waals surface area contributed by atoms with Crippen molar-refractivity contribution in [3.63, 3.8) is 0 Å². The average Bonchev–Trinajstić information content (AvgIpc) is 2.60. The van der Waals surface area contributed by atoms with E-state index in [2.05, 4.69) is 0 Å². The molecule has 16 heavy (non-hydrogen) atoms. The van der Waals surface area contributed by atoms with Crippen molar-refractivity contribution in [2.24, 2.45) is 5.73 Å². The lowest BCUT2D eigenvalue weighted by Gasteiger charge is -1.99. The molecule has 0 aliphatic rings. The molecule has 1 heterocycles. The van der Waals surface area contributed by atoms with Crippen LogP contribution in [0.3, 0.4) is 0 Å². The number of alkyl halides is 3. The van der Waals surface area contributed by atoms with E-state index < -0.39 is 11.1 Å². The van der Waals surface area contributed by atoms with Crippen LogP contribution in [0.4, 0.5) is 13.2 Å². The molecule has 0 aliphatic carbocycles. The van der Waals surface area contributed by atoms with E-state index >= 15 is 0 Å². The minimum atomic E-state index is -4.25. The predicted octanol–water partition coefficient (Wildman–Crippen LogP) is 3.42. The van der Waals surface area contributed by atoms with Gasteiger partial charge in [-0.05, 0) is 36.0 Å². The van der Waals surface area contributed by atoms with E-state index in [0.717, 1.165) is 16.9 Å². The van der Waals surface area contributed by atoms with Gasteiger partial charge in [-0.3, -0.25) is 0 Å². The van der Waals surface area contributed by atoms with Crippen LogP contribution in [0.5, 0.6) is 0 Å². The second kappa shape index (κ2) is 4.07. The van der Waals surface area contributed by atoms with E-state index in [1.54, 1.807) is 12.1 Å². The van der Waals surface area contributed by atoms with E-state index in [4.69, 9.17) is 5.73 Å². The number of halogens is 3. The molecule has 1 aromatic heterocycles. The Morgan fingerprint density at radius 1 is 1.19 bits per heavy atom. The molecule has 0 unspecified atom stereocenters. The second-order valence-electron chi connectivity index (χ2n) is 3.52. The van der Waals surface area contributed by atoms with Gasteiger partial charge in [-0.1, -0.05) is 12.1 Å². The van der Waals surface area contributed by atoms with Gasteiger partial charge in [0.05, 0.1) is 0 Å². The molecule has 86 valence electrons. The Kier molecular flexibility index (Phi) is 2.90. The van der Waals surface area contributed by atoms with Gasteiger partial charge in [-0.15, -0.1) is 11.3 Å². The summed E-state index contributed by atoms with van der Waals surface area (Å²) < 4.78 is 38.1. The third-order valence-corrected chi connectivity index (χ3v) is 3.45.